The first kappa shape index (κ1) is 40.2. The molecule has 0 aromatic heterocycles. The number of aromatic hydroxyl groups is 2. The number of rotatable bonds is 6. The number of nitrogens with two attached hydrogens (primary N) is 2. The van der Waals surface area contributed by atoms with Crippen molar-refractivity contribution in [2.24, 2.45) is 23.5 Å². The molecule has 2 bridgehead atoms. The lowest BCUT2D eigenvalue weighted by Gasteiger charge is -2.29. The number of aliphatic hydroxyl groups is 1. The van der Waals surface area contributed by atoms with Crippen LogP contribution in [0.1, 0.15) is 46.6 Å². The summed E-state index contributed by atoms with van der Waals surface area (Å²) in [5, 5.41) is 46.3. The maximum Gasteiger partial charge on any atom is 0.458 e. The number of ether oxygens (including phenoxy) is 2. The van der Waals surface area contributed by atoms with Crippen LogP contribution in [-0.2, 0) is 34.5 Å². The van der Waals surface area contributed by atoms with E-state index in [1.165, 1.54) is 13.2 Å². The maximum absolute atomic E-state index is 13.0. The number of hydrogen-bond acceptors (Lipinski definition) is 11. The summed E-state index contributed by atoms with van der Waals surface area (Å²) in [5.41, 5.74) is 7.43. The van der Waals surface area contributed by atoms with Crippen molar-refractivity contribution in [2.45, 2.75) is 65.8 Å². The second kappa shape index (κ2) is 19.7. The number of nitrogens with one attached hydrogen (secondary N) is 1. The molecule has 6 atom stereocenters. The number of amides is 2. The predicted molar refractivity (Wildman–Crippen MR) is 168 cm³/mol. The lowest BCUT2D eigenvalue weighted by molar-refractivity contribution is -0.635. The Kier molecular flexibility index (Phi) is 17.2. The predicted octanol–water partition coefficient (Wildman–Crippen LogP) is 2.93. The SMILES string of the molecule is C=CC[NH2+]c1c(O)cc2c(O)c1C[C@@H](C)C[C@H](OC)[C@H](O)[C@@H](C)/C=C(\C)[C@H](OC(N)=O)[C@@H](C)/C=C\C=C(/C)C(=O)N2.O=P(=O)O[O-]. The van der Waals surface area contributed by atoms with E-state index in [0.717, 1.165) is 0 Å². The number of phenolic OH excluding ortho intramolecular Hbond substituents is 2. The van der Waals surface area contributed by atoms with Crippen LogP contribution in [0, 0.1) is 17.8 Å². The molecule has 1 aliphatic heterocycles. The summed E-state index contributed by atoms with van der Waals surface area (Å²) in [6.45, 7) is 13.3. The lowest BCUT2D eigenvalue weighted by atomic mass is 9.87. The van der Waals surface area contributed by atoms with E-state index in [4.69, 9.17) is 29.6 Å². The molecule has 256 valence electrons. The average molecular weight is 668 g/mol. The Morgan fingerprint density at radius 3 is 2.41 bits per heavy atom. The summed E-state index contributed by atoms with van der Waals surface area (Å²) in [5.74, 6) is -1.45. The van der Waals surface area contributed by atoms with Gasteiger partial charge in [0.05, 0.1) is 30.0 Å². The van der Waals surface area contributed by atoms with Crippen molar-refractivity contribution in [3.8, 4) is 11.5 Å². The van der Waals surface area contributed by atoms with Gasteiger partial charge in [-0.05, 0) is 44.3 Å². The van der Waals surface area contributed by atoms with E-state index in [1.54, 1.807) is 36.5 Å². The molecule has 0 radical (unpaired) electrons. The zero-order valence-corrected chi connectivity index (χ0v) is 27.9. The van der Waals surface area contributed by atoms with Crippen molar-refractivity contribution < 1.29 is 58.8 Å². The highest BCUT2D eigenvalue weighted by Crippen LogP contribution is 2.40. The van der Waals surface area contributed by atoms with Crippen LogP contribution in [0.4, 0.5) is 16.2 Å². The molecular weight excluding hydrogens is 621 g/mol. The number of benzene rings is 1. The van der Waals surface area contributed by atoms with Crippen molar-refractivity contribution in [3.05, 3.63) is 59.7 Å². The molecule has 15 heteroatoms. The van der Waals surface area contributed by atoms with Gasteiger partial charge >= 0.3 is 14.0 Å². The highest BCUT2D eigenvalue weighted by molar-refractivity contribution is 7.24. The van der Waals surface area contributed by atoms with Crippen LogP contribution in [0.5, 0.6) is 11.5 Å². The zero-order valence-electron chi connectivity index (χ0n) is 27.0. The standard InChI is InChI=1S/C31H45N3O7.HO4P/c1-8-12-33-26-22-13-17(2)14-25(40-7)27(36)20(5)15-21(6)29(41-31(32)39)18(3)10-9-11-19(4)30(38)34-23(28(22)37)16-24(26)35;1-4-5(2)3/h8-11,15-18,20,25,27,29,33,35-37H,1,12-14H2,2-7H3,(H2,32,39)(H,34,38);1H/b10-9-,19-11+,21-15+;/t17-,18+,20+,25+,27-,29-;/m1./s1. The average Bonchev–Trinajstić information content (AvgIpc) is 2.99. The Balaban J connectivity index is 0.00000195. The Hall–Kier alpha value is -3.78. The highest BCUT2D eigenvalue weighted by Gasteiger charge is 2.30. The Morgan fingerprint density at radius 1 is 1.24 bits per heavy atom. The molecule has 0 spiro atoms. The van der Waals surface area contributed by atoms with Gasteiger partial charge in [-0.2, -0.15) is 0 Å². The minimum Gasteiger partial charge on any atom is -0.710 e. The Bertz CT molecular complexity index is 1370. The Morgan fingerprint density at radius 2 is 1.87 bits per heavy atom. The molecule has 8 N–H and O–H groups in total. The largest absolute Gasteiger partial charge is 0.710 e. The number of anilines is 1. The minimum absolute atomic E-state index is 0.0820. The van der Waals surface area contributed by atoms with Crippen molar-refractivity contribution in [1.82, 2.24) is 0 Å². The molecule has 0 unspecified atom stereocenters. The first-order valence-electron chi connectivity index (χ1n) is 14.6. The summed E-state index contributed by atoms with van der Waals surface area (Å²) in [6.07, 6.45) is 6.32. The molecule has 1 aromatic carbocycles. The fourth-order valence-electron chi connectivity index (χ4n) is 5.12. The third-order valence-electron chi connectivity index (χ3n) is 7.44. The normalized spacial score (nSPS) is 27.3. The van der Waals surface area contributed by atoms with Gasteiger partial charge < -0.3 is 51.1 Å². The lowest BCUT2D eigenvalue weighted by Crippen LogP contribution is -2.78. The van der Waals surface area contributed by atoms with E-state index in [0.29, 0.717) is 41.8 Å². The molecule has 0 saturated carbocycles. The van der Waals surface area contributed by atoms with Crippen LogP contribution in [0.3, 0.4) is 0 Å². The number of allylic oxidation sites excluding steroid dienone is 2. The van der Waals surface area contributed by atoms with E-state index >= 15 is 0 Å². The second-order valence-corrected chi connectivity index (χ2v) is 11.8. The van der Waals surface area contributed by atoms with Gasteiger partial charge in [-0.15, -0.1) is 0 Å². The summed E-state index contributed by atoms with van der Waals surface area (Å²) in [7, 11) is -1.62. The molecule has 14 nitrogen and oxygen atoms in total. The third kappa shape index (κ3) is 12.5. The van der Waals surface area contributed by atoms with Gasteiger partial charge in [-0.3, -0.25) is 4.79 Å². The maximum atomic E-state index is 13.0. The van der Waals surface area contributed by atoms with E-state index < -0.39 is 38.2 Å². The van der Waals surface area contributed by atoms with E-state index in [-0.39, 0.29) is 34.9 Å². The quantitative estimate of drug-likeness (QED) is 0.0491. The van der Waals surface area contributed by atoms with Crippen molar-refractivity contribution in [3.63, 3.8) is 0 Å². The van der Waals surface area contributed by atoms with Crippen molar-refractivity contribution >= 4 is 31.3 Å². The van der Waals surface area contributed by atoms with Crippen molar-refractivity contribution in [1.29, 1.82) is 0 Å². The van der Waals surface area contributed by atoms with Crippen LogP contribution in [0.15, 0.2) is 54.2 Å². The molecule has 46 heavy (non-hydrogen) atoms. The first-order chi connectivity index (χ1) is 21.6. The van der Waals surface area contributed by atoms with Gasteiger partial charge in [0, 0.05) is 30.6 Å². The number of quaternary nitrogens is 1. The minimum atomic E-state index is -3.15. The molecule has 2 rings (SSSR count). The monoisotopic (exact) mass is 667 g/mol. The molecule has 1 aromatic rings. The third-order valence-corrected chi connectivity index (χ3v) is 7.57. The van der Waals surface area contributed by atoms with E-state index in [1.807, 2.05) is 33.8 Å². The van der Waals surface area contributed by atoms with Crippen LogP contribution >= 0.6 is 7.91 Å². The molecule has 1 aliphatic rings. The smallest absolute Gasteiger partial charge is 0.458 e. The molecule has 2 amide bonds. The van der Waals surface area contributed by atoms with Gasteiger partial charge in [0.1, 0.15) is 11.9 Å². The highest BCUT2D eigenvalue weighted by atomic mass is 31.1. The van der Waals surface area contributed by atoms with Crippen LogP contribution in [-0.4, -0.2) is 59.3 Å². The van der Waals surface area contributed by atoms with Crippen LogP contribution in [0.25, 0.3) is 0 Å². The number of fused-ring (bicyclic) bond motifs is 2. The summed E-state index contributed by atoms with van der Waals surface area (Å²) < 4.78 is 31.3. The van der Waals surface area contributed by atoms with Crippen LogP contribution in [0.2, 0.25) is 0 Å². The van der Waals surface area contributed by atoms with Gasteiger partial charge in [-0.1, -0.05) is 51.7 Å². The van der Waals surface area contributed by atoms with Gasteiger partial charge in [0.2, 0.25) is 0 Å². The van der Waals surface area contributed by atoms with Gasteiger partial charge in [0.15, 0.2) is 11.4 Å². The number of carbonyl (C=O) groups excluding carboxylic acids is 2. The number of hydrogen-bond donors (Lipinski definition) is 6. The summed E-state index contributed by atoms with van der Waals surface area (Å²) >= 11 is 0. The van der Waals surface area contributed by atoms with E-state index in [2.05, 4.69) is 16.6 Å². The first-order valence-corrected chi connectivity index (χ1v) is 15.6. The summed E-state index contributed by atoms with van der Waals surface area (Å²) in [6, 6.07) is 1.33. The molecule has 0 aliphatic carbocycles. The topological polar surface area (TPSA) is 234 Å². The number of primary amides is 1. The molecular formula is C31H46N3O11P. The fourth-order valence-corrected chi connectivity index (χ4v) is 5.12. The Labute approximate surface area is 269 Å². The second-order valence-electron chi connectivity index (χ2n) is 11.2. The molecule has 0 saturated heterocycles. The number of aliphatic hydroxyl groups excluding tert-OH is 1. The number of methoxy groups -OCH3 is 1. The van der Waals surface area contributed by atoms with Gasteiger partial charge in [-0.25, -0.2) is 13.9 Å². The van der Waals surface area contributed by atoms with E-state index in [9.17, 15) is 24.9 Å². The molecule has 1 heterocycles. The van der Waals surface area contributed by atoms with Crippen molar-refractivity contribution in [2.75, 3.05) is 19.0 Å². The number of carbonyl (C=O) groups is 2. The zero-order chi connectivity index (χ0) is 35.1. The number of phenols is 2. The fraction of sp³-hybridized carbons (Fsp3) is 0.484. The van der Waals surface area contributed by atoms with Gasteiger partial charge in [0.25, 0.3) is 5.91 Å². The summed E-state index contributed by atoms with van der Waals surface area (Å²) in [4.78, 5) is 24.6. The molecule has 0 fully saturated rings. The van der Waals surface area contributed by atoms with Crippen LogP contribution < -0.4 is 21.6 Å².